The minimum absolute atomic E-state index is 0.350. The van der Waals surface area contributed by atoms with Crippen LogP contribution in [0.2, 0.25) is 0 Å². The van der Waals surface area contributed by atoms with Gasteiger partial charge in [-0.25, -0.2) is 0 Å². The van der Waals surface area contributed by atoms with Crippen LogP contribution < -0.4 is 5.73 Å². The Kier molecular flexibility index (Phi) is 5.02. The quantitative estimate of drug-likeness (QED) is 0.532. The number of rotatable bonds is 3. The molecule has 2 aliphatic rings. The van der Waals surface area contributed by atoms with Crippen molar-refractivity contribution in [3.8, 4) is 0 Å². The molecule has 0 unspecified atom stereocenters. The second-order valence-electron chi connectivity index (χ2n) is 5.73. The Balaban J connectivity index is 2.26. The fourth-order valence-corrected chi connectivity index (χ4v) is 3.31. The third-order valence-corrected chi connectivity index (χ3v) is 3.95. The number of esters is 3. The Hall–Kier alpha value is -1.67. The Labute approximate surface area is 128 Å². The molecule has 2 rings (SSSR count). The van der Waals surface area contributed by atoms with Crippen molar-refractivity contribution < 1.29 is 28.6 Å². The minimum Gasteiger partial charge on any atom is -0.461 e. The SMILES string of the molecule is CC(=O)O[C@H]1[C@H](OC(C)=O)[C@@H](N)CN2CC[C@H](OC(C)=O)[C@H]12. The van der Waals surface area contributed by atoms with Crippen molar-refractivity contribution in [3.63, 3.8) is 0 Å². The summed E-state index contributed by atoms with van der Waals surface area (Å²) in [5.41, 5.74) is 6.08. The average Bonchev–Trinajstić information content (AvgIpc) is 2.74. The Morgan fingerprint density at radius 2 is 1.50 bits per heavy atom. The van der Waals surface area contributed by atoms with Gasteiger partial charge in [-0.05, 0) is 6.42 Å². The van der Waals surface area contributed by atoms with E-state index in [4.69, 9.17) is 19.9 Å². The normalized spacial score (nSPS) is 34.6. The lowest BCUT2D eigenvalue weighted by atomic mass is 9.91. The van der Waals surface area contributed by atoms with Crippen molar-refractivity contribution in [2.75, 3.05) is 13.1 Å². The van der Waals surface area contributed by atoms with Crippen molar-refractivity contribution in [2.45, 2.75) is 57.6 Å². The van der Waals surface area contributed by atoms with E-state index in [0.29, 0.717) is 19.5 Å². The Morgan fingerprint density at radius 3 is 2.05 bits per heavy atom. The summed E-state index contributed by atoms with van der Waals surface area (Å²) in [6.07, 6.45) is -1.29. The van der Waals surface area contributed by atoms with Gasteiger partial charge in [0.25, 0.3) is 0 Å². The molecule has 2 fully saturated rings. The molecule has 2 N–H and O–H groups in total. The van der Waals surface area contributed by atoms with Gasteiger partial charge in [-0.1, -0.05) is 0 Å². The molecule has 8 nitrogen and oxygen atoms in total. The van der Waals surface area contributed by atoms with Gasteiger partial charge in [-0.2, -0.15) is 0 Å². The predicted molar refractivity (Wildman–Crippen MR) is 74.6 cm³/mol. The Bertz CT molecular complexity index is 468. The van der Waals surface area contributed by atoms with Gasteiger partial charge < -0.3 is 19.9 Å². The van der Waals surface area contributed by atoms with Crippen LogP contribution in [0, 0.1) is 0 Å². The van der Waals surface area contributed by atoms with E-state index in [2.05, 4.69) is 0 Å². The fourth-order valence-electron chi connectivity index (χ4n) is 3.31. The second-order valence-corrected chi connectivity index (χ2v) is 5.73. The summed E-state index contributed by atoms with van der Waals surface area (Å²) in [6.45, 7) is 5.06. The molecule has 0 aliphatic carbocycles. The van der Waals surface area contributed by atoms with E-state index in [1.165, 1.54) is 20.8 Å². The van der Waals surface area contributed by atoms with Crippen molar-refractivity contribution in [3.05, 3.63) is 0 Å². The van der Waals surface area contributed by atoms with Gasteiger partial charge in [0.1, 0.15) is 6.10 Å². The topological polar surface area (TPSA) is 108 Å². The molecule has 2 aliphatic heterocycles. The van der Waals surface area contributed by atoms with Gasteiger partial charge in [0.05, 0.1) is 12.1 Å². The van der Waals surface area contributed by atoms with E-state index in [9.17, 15) is 14.4 Å². The van der Waals surface area contributed by atoms with Crippen molar-refractivity contribution in [2.24, 2.45) is 5.73 Å². The van der Waals surface area contributed by atoms with E-state index >= 15 is 0 Å². The summed E-state index contributed by atoms with van der Waals surface area (Å²) in [5, 5.41) is 0. The monoisotopic (exact) mass is 314 g/mol. The summed E-state index contributed by atoms with van der Waals surface area (Å²) >= 11 is 0. The molecule has 0 aromatic carbocycles. The highest BCUT2D eigenvalue weighted by molar-refractivity contribution is 5.68. The highest BCUT2D eigenvalue weighted by Gasteiger charge is 2.53. The molecule has 0 radical (unpaired) electrons. The molecule has 8 heteroatoms. The van der Waals surface area contributed by atoms with E-state index in [-0.39, 0.29) is 6.04 Å². The number of piperidine rings is 1. The second kappa shape index (κ2) is 6.62. The molecule has 0 aromatic heterocycles. The molecule has 22 heavy (non-hydrogen) atoms. The lowest BCUT2D eigenvalue weighted by Gasteiger charge is -2.44. The van der Waals surface area contributed by atoms with Crippen LogP contribution in [0.3, 0.4) is 0 Å². The molecule has 2 saturated heterocycles. The fraction of sp³-hybridized carbons (Fsp3) is 0.786. The third-order valence-electron chi connectivity index (χ3n) is 3.95. The highest BCUT2D eigenvalue weighted by Crippen LogP contribution is 2.32. The molecule has 0 bridgehead atoms. The summed E-state index contributed by atoms with van der Waals surface area (Å²) < 4.78 is 16.0. The van der Waals surface area contributed by atoms with Crippen LogP contribution in [0.15, 0.2) is 0 Å². The zero-order chi connectivity index (χ0) is 16.4. The minimum atomic E-state index is -0.753. The highest BCUT2D eigenvalue weighted by atomic mass is 16.6. The first-order valence-corrected chi connectivity index (χ1v) is 7.31. The van der Waals surface area contributed by atoms with Crippen LogP contribution in [0.25, 0.3) is 0 Å². The predicted octanol–water partition coefficient (Wildman–Crippen LogP) is -0.803. The van der Waals surface area contributed by atoms with E-state index < -0.39 is 42.3 Å². The number of nitrogens with zero attached hydrogens (tertiary/aromatic N) is 1. The zero-order valence-corrected chi connectivity index (χ0v) is 13.0. The maximum Gasteiger partial charge on any atom is 0.303 e. The standard InChI is InChI=1S/C14H22N2O6/c1-7(17)20-11-4-5-16-6-10(15)13(21-8(2)18)14(12(11)16)22-9(3)19/h10-14H,4-6,15H2,1-3H3/t10-,11-,12+,13+,14+/m0/s1. The average molecular weight is 314 g/mol. The number of nitrogens with two attached hydrogens (primary N) is 1. The smallest absolute Gasteiger partial charge is 0.303 e. The van der Waals surface area contributed by atoms with Crippen molar-refractivity contribution >= 4 is 17.9 Å². The summed E-state index contributed by atoms with van der Waals surface area (Å²) in [7, 11) is 0. The van der Waals surface area contributed by atoms with Crippen LogP contribution >= 0.6 is 0 Å². The number of carbonyl (C=O) groups is 3. The first kappa shape index (κ1) is 16.7. The lowest BCUT2D eigenvalue weighted by molar-refractivity contribution is -0.185. The number of fused-ring (bicyclic) bond motifs is 1. The number of carbonyl (C=O) groups excluding carboxylic acids is 3. The first-order chi connectivity index (χ1) is 10.3. The van der Waals surface area contributed by atoms with E-state index in [0.717, 1.165) is 0 Å². The molecule has 5 atom stereocenters. The van der Waals surface area contributed by atoms with Crippen molar-refractivity contribution in [1.29, 1.82) is 0 Å². The maximum atomic E-state index is 11.4. The largest absolute Gasteiger partial charge is 0.461 e. The molecule has 124 valence electrons. The molecule has 0 amide bonds. The molecular weight excluding hydrogens is 292 g/mol. The van der Waals surface area contributed by atoms with Gasteiger partial charge in [0, 0.05) is 33.9 Å². The molecular formula is C14H22N2O6. The zero-order valence-electron chi connectivity index (χ0n) is 13.0. The number of hydrogen-bond donors (Lipinski definition) is 1. The van der Waals surface area contributed by atoms with Crippen LogP contribution in [-0.4, -0.2) is 66.3 Å². The molecule has 0 saturated carbocycles. The van der Waals surface area contributed by atoms with Gasteiger partial charge in [-0.15, -0.1) is 0 Å². The number of hydrogen-bond acceptors (Lipinski definition) is 8. The molecule has 0 aromatic rings. The van der Waals surface area contributed by atoms with Gasteiger partial charge in [0.15, 0.2) is 12.2 Å². The van der Waals surface area contributed by atoms with E-state index in [1.54, 1.807) is 0 Å². The maximum absolute atomic E-state index is 11.4. The Morgan fingerprint density at radius 1 is 0.955 bits per heavy atom. The summed E-state index contributed by atoms with van der Waals surface area (Å²) in [5.74, 6) is -1.38. The van der Waals surface area contributed by atoms with E-state index in [1.807, 2.05) is 4.90 Å². The van der Waals surface area contributed by atoms with Crippen LogP contribution in [-0.2, 0) is 28.6 Å². The van der Waals surface area contributed by atoms with Crippen LogP contribution in [0.4, 0.5) is 0 Å². The van der Waals surface area contributed by atoms with Crippen LogP contribution in [0.5, 0.6) is 0 Å². The first-order valence-electron chi connectivity index (χ1n) is 7.31. The summed E-state index contributed by atoms with van der Waals surface area (Å²) in [6, 6.07) is -0.822. The summed E-state index contributed by atoms with van der Waals surface area (Å²) in [4.78, 5) is 36.0. The number of ether oxygens (including phenoxy) is 3. The van der Waals surface area contributed by atoms with Crippen molar-refractivity contribution in [1.82, 2.24) is 4.90 Å². The molecule has 0 spiro atoms. The van der Waals surface area contributed by atoms with Crippen LogP contribution in [0.1, 0.15) is 27.2 Å². The van der Waals surface area contributed by atoms with Gasteiger partial charge in [0.2, 0.25) is 0 Å². The molecule has 2 heterocycles. The third kappa shape index (κ3) is 3.56. The van der Waals surface area contributed by atoms with Gasteiger partial charge in [-0.3, -0.25) is 19.3 Å². The lowest BCUT2D eigenvalue weighted by Crippen LogP contribution is -2.66. The van der Waals surface area contributed by atoms with Gasteiger partial charge >= 0.3 is 17.9 Å².